The van der Waals surface area contributed by atoms with Gasteiger partial charge in [-0.3, -0.25) is 4.79 Å². The number of carbonyl (C=O) groups excluding carboxylic acids is 1. The summed E-state index contributed by atoms with van der Waals surface area (Å²) in [5, 5.41) is 4.32. The lowest BCUT2D eigenvalue weighted by atomic mass is 10.1. The number of primary amides is 1. The quantitative estimate of drug-likeness (QED) is 0.496. The molecule has 0 saturated carbocycles. The highest BCUT2D eigenvalue weighted by atomic mass is 32.1. The minimum atomic E-state index is -0.470. The number of benzene rings is 2. The summed E-state index contributed by atoms with van der Waals surface area (Å²) >= 11 is 1.24. The van der Waals surface area contributed by atoms with Crippen molar-refractivity contribution >= 4 is 33.3 Å². The average Bonchev–Trinajstić information content (AvgIpc) is 3.08. The normalized spacial score (nSPS) is 13.5. The number of carbonyl (C=O) groups is 1. The maximum Gasteiger partial charge on any atom is 0.250 e. The SMILES string of the molecule is NC(=O)c1cccc2c(-c3nc4c(c(NCc5ccccc5)n3)CCCOC4)nsc12. The Hall–Kier alpha value is -3.36. The summed E-state index contributed by atoms with van der Waals surface area (Å²) in [6.07, 6.45) is 1.79. The number of hydrogen-bond donors (Lipinski definition) is 2. The fourth-order valence-electron chi connectivity index (χ4n) is 3.78. The molecule has 0 spiro atoms. The van der Waals surface area contributed by atoms with Gasteiger partial charge in [0, 0.05) is 24.1 Å². The third-order valence-electron chi connectivity index (χ3n) is 5.33. The Kier molecular flexibility index (Phi) is 5.31. The van der Waals surface area contributed by atoms with Gasteiger partial charge >= 0.3 is 0 Å². The van der Waals surface area contributed by atoms with Crippen LogP contribution in [0, 0.1) is 0 Å². The van der Waals surface area contributed by atoms with Crippen molar-refractivity contribution in [3.05, 3.63) is 70.9 Å². The van der Waals surface area contributed by atoms with Crippen LogP contribution in [0.25, 0.3) is 21.6 Å². The van der Waals surface area contributed by atoms with Crippen LogP contribution in [0.2, 0.25) is 0 Å². The molecule has 2 aromatic heterocycles. The fourth-order valence-corrected chi connectivity index (χ4v) is 4.68. The van der Waals surface area contributed by atoms with Crippen molar-refractivity contribution in [2.45, 2.75) is 26.0 Å². The van der Waals surface area contributed by atoms with E-state index in [1.165, 1.54) is 17.1 Å². The summed E-state index contributed by atoms with van der Waals surface area (Å²) in [6.45, 7) is 1.80. The van der Waals surface area contributed by atoms with Crippen LogP contribution in [0.15, 0.2) is 48.5 Å². The summed E-state index contributed by atoms with van der Waals surface area (Å²) < 4.78 is 11.1. The second-order valence-corrected chi connectivity index (χ2v) is 8.17. The minimum absolute atomic E-state index is 0.444. The van der Waals surface area contributed by atoms with E-state index in [0.717, 1.165) is 40.0 Å². The number of fused-ring (bicyclic) bond motifs is 2. The van der Waals surface area contributed by atoms with Crippen molar-refractivity contribution in [1.29, 1.82) is 0 Å². The molecule has 0 atom stereocenters. The summed E-state index contributed by atoms with van der Waals surface area (Å²) in [4.78, 5) is 21.5. The molecule has 5 rings (SSSR count). The number of amides is 1. The van der Waals surface area contributed by atoms with Crippen LogP contribution in [0.4, 0.5) is 5.82 Å². The predicted molar refractivity (Wildman–Crippen MR) is 121 cm³/mol. The van der Waals surface area contributed by atoms with Gasteiger partial charge in [0.2, 0.25) is 5.91 Å². The van der Waals surface area contributed by atoms with Gasteiger partial charge in [0.1, 0.15) is 11.5 Å². The van der Waals surface area contributed by atoms with Crippen molar-refractivity contribution in [1.82, 2.24) is 14.3 Å². The van der Waals surface area contributed by atoms with E-state index < -0.39 is 5.91 Å². The maximum absolute atomic E-state index is 11.8. The largest absolute Gasteiger partial charge is 0.375 e. The van der Waals surface area contributed by atoms with E-state index in [9.17, 15) is 4.79 Å². The molecule has 1 aliphatic heterocycles. The molecule has 7 nitrogen and oxygen atoms in total. The number of ether oxygens (including phenoxy) is 1. The topological polar surface area (TPSA) is 103 Å². The molecule has 1 amide bonds. The minimum Gasteiger partial charge on any atom is -0.375 e. The van der Waals surface area contributed by atoms with Gasteiger partial charge in [-0.05, 0) is 36.0 Å². The van der Waals surface area contributed by atoms with E-state index in [4.69, 9.17) is 20.4 Å². The number of nitrogens with two attached hydrogens (primary N) is 1. The summed E-state index contributed by atoms with van der Waals surface area (Å²) in [6, 6.07) is 15.6. The molecule has 3 heterocycles. The van der Waals surface area contributed by atoms with E-state index in [0.29, 0.717) is 36.8 Å². The first-order valence-electron chi connectivity index (χ1n) is 10.1. The van der Waals surface area contributed by atoms with Crippen molar-refractivity contribution in [3.8, 4) is 11.5 Å². The second-order valence-electron chi connectivity index (χ2n) is 7.39. The van der Waals surface area contributed by atoms with Crippen LogP contribution < -0.4 is 11.1 Å². The number of nitrogens with one attached hydrogen (secondary N) is 1. The standard InChI is InChI=1S/C23H21N5O2S/c24-21(29)17-9-4-8-16-19(28-31-20(16)17)23-26-18-13-30-11-5-10-15(18)22(27-23)25-12-14-6-2-1-3-7-14/h1-4,6-9H,5,10-13H2,(H2,24,29)(H,25,26,27). The first kappa shape index (κ1) is 19.6. The zero-order chi connectivity index (χ0) is 21.2. The highest BCUT2D eigenvalue weighted by Gasteiger charge is 2.21. The smallest absolute Gasteiger partial charge is 0.250 e. The molecule has 0 unspecified atom stereocenters. The van der Waals surface area contributed by atoms with Crippen molar-refractivity contribution in [3.63, 3.8) is 0 Å². The lowest BCUT2D eigenvalue weighted by Crippen LogP contribution is -2.11. The maximum atomic E-state index is 11.8. The molecular weight excluding hydrogens is 410 g/mol. The fraction of sp³-hybridized carbons (Fsp3) is 0.217. The summed E-state index contributed by atoms with van der Waals surface area (Å²) in [5.74, 6) is 0.858. The molecule has 8 heteroatoms. The van der Waals surface area contributed by atoms with Crippen LogP contribution >= 0.6 is 11.5 Å². The van der Waals surface area contributed by atoms with Crippen LogP contribution in [-0.4, -0.2) is 26.9 Å². The number of anilines is 1. The molecule has 1 aliphatic rings. The van der Waals surface area contributed by atoms with Crippen LogP contribution in [0.3, 0.4) is 0 Å². The van der Waals surface area contributed by atoms with E-state index >= 15 is 0 Å². The van der Waals surface area contributed by atoms with Gasteiger partial charge in [-0.15, -0.1) is 0 Å². The molecule has 0 radical (unpaired) electrons. The van der Waals surface area contributed by atoms with E-state index in [2.05, 4.69) is 21.8 Å². The van der Waals surface area contributed by atoms with Gasteiger partial charge < -0.3 is 15.8 Å². The Labute approximate surface area is 183 Å². The molecular formula is C23H21N5O2S. The molecule has 4 aromatic rings. The molecule has 0 fully saturated rings. The molecule has 0 bridgehead atoms. The Morgan fingerprint density at radius 2 is 2.00 bits per heavy atom. The predicted octanol–water partition coefficient (Wildman–Crippen LogP) is 3.93. The average molecular weight is 432 g/mol. The van der Waals surface area contributed by atoms with Gasteiger partial charge in [-0.2, -0.15) is 4.37 Å². The van der Waals surface area contributed by atoms with E-state index in [1.54, 1.807) is 12.1 Å². The molecule has 0 saturated heterocycles. The van der Waals surface area contributed by atoms with Gasteiger partial charge in [0.15, 0.2) is 5.82 Å². The Bertz CT molecular complexity index is 1260. The van der Waals surface area contributed by atoms with Crippen LogP contribution in [-0.2, 0) is 24.3 Å². The third kappa shape index (κ3) is 3.87. The highest BCUT2D eigenvalue weighted by Crippen LogP contribution is 2.33. The van der Waals surface area contributed by atoms with Gasteiger partial charge in [0.05, 0.1) is 22.6 Å². The molecule has 3 N–H and O–H groups in total. The van der Waals surface area contributed by atoms with Crippen LogP contribution in [0.1, 0.15) is 33.6 Å². The third-order valence-corrected chi connectivity index (χ3v) is 6.22. The Morgan fingerprint density at radius 3 is 2.84 bits per heavy atom. The lowest BCUT2D eigenvalue weighted by molar-refractivity contribution is 0.100. The Balaban J connectivity index is 1.59. The van der Waals surface area contributed by atoms with Crippen molar-refractivity contribution < 1.29 is 9.53 Å². The number of aromatic nitrogens is 3. The first-order chi connectivity index (χ1) is 15.2. The van der Waals surface area contributed by atoms with E-state index in [1.807, 2.05) is 24.3 Å². The zero-order valence-electron chi connectivity index (χ0n) is 16.8. The second kappa shape index (κ2) is 8.41. The highest BCUT2D eigenvalue weighted by molar-refractivity contribution is 7.14. The summed E-state index contributed by atoms with van der Waals surface area (Å²) in [7, 11) is 0. The summed E-state index contributed by atoms with van der Waals surface area (Å²) in [5.41, 5.74) is 9.79. The van der Waals surface area contributed by atoms with Crippen molar-refractivity contribution in [2.75, 3.05) is 11.9 Å². The number of nitrogens with zero attached hydrogens (tertiary/aromatic N) is 3. The van der Waals surface area contributed by atoms with Gasteiger partial charge in [-0.25, -0.2) is 9.97 Å². The number of hydrogen-bond acceptors (Lipinski definition) is 7. The first-order valence-corrected chi connectivity index (χ1v) is 10.9. The monoisotopic (exact) mass is 431 g/mol. The zero-order valence-corrected chi connectivity index (χ0v) is 17.6. The lowest BCUT2D eigenvalue weighted by Gasteiger charge is -2.14. The van der Waals surface area contributed by atoms with E-state index in [-0.39, 0.29) is 0 Å². The molecule has 2 aromatic carbocycles. The molecule has 156 valence electrons. The number of rotatable bonds is 5. The van der Waals surface area contributed by atoms with Gasteiger partial charge in [-0.1, -0.05) is 42.5 Å². The van der Waals surface area contributed by atoms with Gasteiger partial charge in [0.25, 0.3) is 0 Å². The Morgan fingerprint density at radius 1 is 1.13 bits per heavy atom. The van der Waals surface area contributed by atoms with Crippen LogP contribution in [0.5, 0.6) is 0 Å². The molecule has 31 heavy (non-hydrogen) atoms. The molecule has 0 aliphatic carbocycles. The van der Waals surface area contributed by atoms with Crippen molar-refractivity contribution in [2.24, 2.45) is 5.73 Å².